The van der Waals surface area contributed by atoms with Crippen LogP contribution in [0, 0.1) is 12.7 Å². The maximum Gasteiger partial charge on any atom is 0.237 e. The molecule has 1 rings (SSSR count). The summed E-state index contributed by atoms with van der Waals surface area (Å²) in [4.78, 5) is 11.3. The number of rotatable bonds is 3. The molecule has 3 N–H and O–H groups in total. The number of nitrogens with two attached hydrogens (primary N) is 1. The summed E-state index contributed by atoms with van der Waals surface area (Å²) in [5.74, 6) is -0.507. The van der Waals surface area contributed by atoms with E-state index in [1.807, 2.05) is 0 Å². The summed E-state index contributed by atoms with van der Waals surface area (Å²) < 4.78 is 13.3. The minimum Gasteiger partial charge on any atom is -0.348 e. The first kappa shape index (κ1) is 15.9. The fraction of sp³-hybridized carbons (Fsp3) is 0.417. The summed E-state index contributed by atoms with van der Waals surface area (Å²) in [6, 6.07) is 4.12. The quantitative estimate of drug-likeness (QED) is 0.874. The standard InChI is InChI=1S/C12H17FN2O.ClH/c1-7-4-5-10(6-11(7)13)9(3)15-12(16)8(2)14;/h4-6,8-9H,14H2,1-3H3,(H,15,16);1H/t8-,9?;/m0./s1. The molecule has 0 aliphatic rings. The predicted octanol–water partition coefficient (Wildman–Crippen LogP) is 2.08. The summed E-state index contributed by atoms with van der Waals surface area (Å²) in [5, 5.41) is 2.71. The Kier molecular flexibility index (Phi) is 6.13. The van der Waals surface area contributed by atoms with E-state index >= 15 is 0 Å². The minimum atomic E-state index is -0.558. The van der Waals surface area contributed by atoms with Gasteiger partial charge in [0, 0.05) is 0 Å². The van der Waals surface area contributed by atoms with Crippen LogP contribution < -0.4 is 11.1 Å². The Bertz CT molecular complexity index is 396. The van der Waals surface area contributed by atoms with Crippen LogP contribution in [0.15, 0.2) is 18.2 Å². The Balaban J connectivity index is 0.00000256. The van der Waals surface area contributed by atoms with Gasteiger partial charge in [-0.2, -0.15) is 0 Å². The summed E-state index contributed by atoms with van der Waals surface area (Å²) in [6.45, 7) is 5.10. The number of aryl methyl sites for hydroxylation is 1. The van der Waals surface area contributed by atoms with Crippen LogP contribution in [-0.2, 0) is 4.79 Å². The third-order valence-electron chi connectivity index (χ3n) is 2.47. The SMILES string of the molecule is Cc1ccc(C(C)NC(=O)[C@H](C)N)cc1F.Cl. The third-order valence-corrected chi connectivity index (χ3v) is 2.47. The van der Waals surface area contributed by atoms with Crippen LogP contribution in [-0.4, -0.2) is 11.9 Å². The van der Waals surface area contributed by atoms with Gasteiger partial charge in [0.25, 0.3) is 0 Å². The molecule has 0 spiro atoms. The molecule has 3 nitrogen and oxygen atoms in total. The van der Waals surface area contributed by atoms with E-state index in [0.29, 0.717) is 5.56 Å². The number of hydrogen-bond donors (Lipinski definition) is 2. The molecule has 1 aromatic rings. The van der Waals surface area contributed by atoms with Gasteiger partial charge in [0.15, 0.2) is 0 Å². The number of halogens is 2. The van der Waals surface area contributed by atoms with Crippen molar-refractivity contribution in [1.29, 1.82) is 0 Å². The molecule has 1 amide bonds. The van der Waals surface area contributed by atoms with Crippen LogP contribution in [0.25, 0.3) is 0 Å². The van der Waals surface area contributed by atoms with Crippen LogP contribution in [0.3, 0.4) is 0 Å². The molecule has 0 saturated heterocycles. The van der Waals surface area contributed by atoms with Crippen molar-refractivity contribution >= 4 is 18.3 Å². The number of nitrogens with one attached hydrogen (secondary N) is 1. The summed E-state index contributed by atoms with van der Waals surface area (Å²) in [5.41, 5.74) is 6.76. The Morgan fingerprint density at radius 1 is 1.41 bits per heavy atom. The lowest BCUT2D eigenvalue weighted by Crippen LogP contribution is -2.39. The second-order valence-corrected chi connectivity index (χ2v) is 4.03. The van der Waals surface area contributed by atoms with E-state index in [0.717, 1.165) is 5.56 Å². The van der Waals surface area contributed by atoms with Gasteiger partial charge in [-0.1, -0.05) is 12.1 Å². The van der Waals surface area contributed by atoms with Crippen molar-refractivity contribution in [3.05, 3.63) is 35.1 Å². The summed E-state index contributed by atoms with van der Waals surface area (Å²) >= 11 is 0. The van der Waals surface area contributed by atoms with Crippen molar-refractivity contribution in [3.63, 3.8) is 0 Å². The van der Waals surface area contributed by atoms with Crippen molar-refractivity contribution < 1.29 is 9.18 Å². The van der Waals surface area contributed by atoms with Crippen molar-refractivity contribution in [2.24, 2.45) is 5.73 Å². The molecular formula is C12H18ClFN2O. The largest absolute Gasteiger partial charge is 0.348 e. The highest BCUT2D eigenvalue weighted by Crippen LogP contribution is 2.16. The van der Waals surface area contributed by atoms with Crippen molar-refractivity contribution in [1.82, 2.24) is 5.32 Å². The Labute approximate surface area is 107 Å². The molecule has 0 saturated carbocycles. The number of hydrogen-bond acceptors (Lipinski definition) is 2. The van der Waals surface area contributed by atoms with Gasteiger partial charge in [0.2, 0.25) is 5.91 Å². The van der Waals surface area contributed by atoms with Gasteiger partial charge < -0.3 is 11.1 Å². The van der Waals surface area contributed by atoms with E-state index in [-0.39, 0.29) is 30.2 Å². The highest BCUT2D eigenvalue weighted by Gasteiger charge is 2.13. The van der Waals surface area contributed by atoms with Crippen LogP contribution in [0.1, 0.15) is 31.0 Å². The smallest absolute Gasteiger partial charge is 0.237 e. The normalized spacial score (nSPS) is 13.5. The molecule has 5 heteroatoms. The molecule has 0 bridgehead atoms. The molecule has 0 aliphatic carbocycles. The maximum absolute atomic E-state index is 13.3. The van der Waals surface area contributed by atoms with Gasteiger partial charge in [-0.15, -0.1) is 12.4 Å². The van der Waals surface area contributed by atoms with Crippen LogP contribution in [0.5, 0.6) is 0 Å². The average Bonchev–Trinajstić information content (AvgIpc) is 2.21. The van der Waals surface area contributed by atoms with E-state index in [1.165, 1.54) is 6.07 Å². The molecule has 0 fully saturated rings. The first-order valence-electron chi connectivity index (χ1n) is 5.24. The van der Waals surface area contributed by atoms with Crippen LogP contribution in [0.2, 0.25) is 0 Å². The van der Waals surface area contributed by atoms with Gasteiger partial charge >= 0.3 is 0 Å². The van der Waals surface area contributed by atoms with Gasteiger partial charge in [-0.3, -0.25) is 4.79 Å². The first-order valence-corrected chi connectivity index (χ1v) is 5.24. The molecule has 0 radical (unpaired) electrons. The summed E-state index contributed by atoms with van der Waals surface area (Å²) in [7, 11) is 0. The molecule has 0 aliphatic heterocycles. The van der Waals surface area contributed by atoms with Gasteiger partial charge in [0.1, 0.15) is 5.82 Å². The highest BCUT2D eigenvalue weighted by molar-refractivity contribution is 5.85. The number of benzene rings is 1. The number of carbonyl (C=O) groups is 1. The van der Waals surface area contributed by atoms with Crippen molar-refractivity contribution in [3.8, 4) is 0 Å². The van der Waals surface area contributed by atoms with E-state index < -0.39 is 6.04 Å². The second kappa shape index (κ2) is 6.57. The Morgan fingerprint density at radius 3 is 2.47 bits per heavy atom. The zero-order valence-electron chi connectivity index (χ0n) is 10.2. The monoisotopic (exact) mass is 260 g/mol. The molecular weight excluding hydrogens is 243 g/mol. The van der Waals surface area contributed by atoms with Crippen LogP contribution >= 0.6 is 12.4 Å². The van der Waals surface area contributed by atoms with E-state index in [1.54, 1.807) is 32.9 Å². The lowest BCUT2D eigenvalue weighted by Gasteiger charge is -2.16. The average molecular weight is 261 g/mol. The third kappa shape index (κ3) is 4.32. The molecule has 1 unspecified atom stereocenters. The van der Waals surface area contributed by atoms with Gasteiger partial charge in [0.05, 0.1) is 12.1 Å². The Hall–Kier alpha value is -1.13. The fourth-order valence-electron chi connectivity index (χ4n) is 1.31. The lowest BCUT2D eigenvalue weighted by atomic mass is 10.1. The first-order chi connectivity index (χ1) is 7.41. The van der Waals surface area contributed by atoms with Crippen molar-refractivity contribution in [2.75, 3.05) is 0 Å². The fourth-order valence-corrected chi connectivity index (χ4v) is 1.31. The number of amides is 1. The molecule has 17 heavy (non-hydrogen) atoms. The molecule has 0 heterocycles. The van der Waals surface area contributed by atoms with Crippen molar-refractivity contribution in [2.45, 2.75) is 32.9 Å². The highest BCUT2D eigenvalue weighted by atomic mass is 35.5. The second-order valence-electron chi connectivity index (χ2n) is 4.03. The van der Waals surface area contributed by atoms with Gasteiger partial charge in [-0.05, 0) is 38.0 Å². The topological polar surface area (TPSA) is 55.1 Å². The minimum absolute atomic E-state index is 0. The molecule has 0 aromatic heterocycles. The molecule has 2 atom stereocenters. The van der Waals surface area contributed by atoms with Gasteiger partial charge in [-0.25, -0.2) is 4.39 Å². The predicted molar refractivity (Wildman–Crippen MR) is 68.6 cm³/mol. The summed E-state index contributed by atoms with van der Waals surface area (Å²) in [6.07, 6.45) is 0. The number of carbonyl (C=O) groups excluding carboxylic acids is 1. The van der Waals surface area contributed by atoms with E-state index in [9.17, 15) is 9.18 Å². The maximum atomic E-state index is 13.3. The van der Waals surface area contributed by atoms with E-state index in [2.05, 4.69) is 5.32 Å². The zero-order valence-corrected chi connectivity index (χ0v) is 11.0. The zero-order chi connectivity index (χ0) is 12.3. The van der Waals surface area contributed by atoms with Crippen LogP contribution in [0.4, 0.5) is 4.39 Å². The van der Waals surface area contributed by atoms with E-state index in [4.69, 9.17) is 5.73 Å². The lowest BCUT2D eigenvalue weighted by molar-refractivity contribution is -0.122. The molecule has 96 valence electrons. The Morgan fingerprint density at radius 2 is 2.00 bits per heavy atom. The molecule has 1 aromatic carbocycles.